The highest BCUT2D eigenvalue weighted by Crippen LogP contribution is 2.28. The van der Waals surface area contributed by atoms with E-state index in [-0.39, 0.29) is 11.6 Å². The largest absolute Gasteiger partial charge is 0.475 e. The standard InChI is InChI=1S/C9H5F3N2O3/c10-9(11,12)6-3-4-14(13-6)7-2-1-5(17-7)8(15)16/h1-4H,(H,15,16). The van der Waals surface area contributed by atoms with Crippen LogP contribution in [0, 0.1) is 0 Å². The summed E-state index contributed by atoms with van der Waals surface area (Å²) in [5.41, 5.74) is -1.08. The van der Waals surface area contributed by atoms with Crippen LogP contribution in [0.3, 0.4) is 0 Å². The molecular formula is C9H5F3N2O3. The number of aromatic nitrogens is 2. The van der Waals surface area contributed by atoms with Crippen LogP contribution in [0.15, 0.2) is 28.8 Å². The highest BCUT2D eigenvalue weighted by molar-refractivity contribution is 5.84. The fraction of sp³-hybridized carbons (Fsp3) is 0.111. The summed E-state index contributed by atoms with van der Waals surface area (Å²) in [4.78, 5) is 10.5. The van der Waals surface area contributed by atoms with Crippen LogP contribution < -0.4 is 0 Å². The molecule has 0 spiro atoms. The lowest BCUT2D eigenvalue weighted by molar-refractivity contribution is -0.141. The number of aromatic carboxylic acids is 1. The molecule has 0 radical (unpaired) electrons. The second-order valence-corrected chi connectivity index (χ2v) is 3.09. The van der Waals surface area contributed by atoms with Crippen molar-refractivity contribution in [1.29, 1.82) is 0 Å². The molecule has 90 valence electrons. The Morgan fingerprint density at radius 3 is 2.53 bits per heavy atom. The predicted octanol–water partition coefficient (Wildman–Crippen LogP) is 2.18. The molecule has 2 aromatic heterocycles. The minimum absolute atomic E-state index is 0.0992. The van der Waals surface area contributed by atoms with E-state index >= 15 is 0 Å². The van der Waals surface area contributed by atoms with Gasteiger partial charge in [-0.05, 0) is 12.1 Å². The second kappa shape index (κ2) is 3.65. The van der Waals surface area contributed by atoms with E-state index in [1.807, 2.05) is 0 Å². The van der Waals surface area contributed by atoms with E-state index in [1.165, 1.54) is 6.07 Å². The van der Waals surface area contributed by atoms with Gasteiger partial charge in [-0.25, -0.2) is 9.48 Å². The third-order valence-electron chi connectivity index (χ3n) is 1.91. The number of furan rings is 1. The van der Waals surface area contributed by atoms with Gasteiger partial charge < -0.3 is 9.52 Å². The Morgan fingerprint density at radius 1 is 1.35 bits per heavy atom. The van der Waals surface area contributed by atoms with Gasteiger partial charge in [-0.2, -0.15) is 18.3 Å². The number of carboxylic acids is 1. The highest BCUT2D eigenvalue weighted by atomic mass is 19.4. The molecule has 0 fully saturated rings. The van der Waals surface area contributed by atoms with E-state index in [1.54, 1.807) is 0 Å². The topological polar surface area (TPSA) is 68.3 Å². The van der Waals surface area contributed by atoms with E-state index in [0.29, 0.717) is 0 Å². The zero-order valence-corrected chi connectivity index (χ0v) is 8.10. The van der Waals surface area contributed by atoms with Crippen molar-refractivity contribution in [2.75, 3.05) is 0 Å². The first-order valence-electron chi connectivity index (χ1n) is 4.34. The number of carboxylic acid groups (broad SMARTS) is 1. The Morgan fingerprint density at radius 2 is 2.06 bits per heavy atom. The monoisotopic (exact) mass is 246 g/mol. The lowest BCUT2D eigenvalue weighted by atomic mass is 10.4. The summed E-state index contributed by atoms with van der Waals surface area (Å²) in [5, 5.41) is 11.8. The fourth-order valence-corrected chi connectivity index (χ4v) is 1.16. The van der Waals surface area contributed by atoms with Crippen molar-refractivity contribution in [3.8, 4) is 5.88 Å². The average Bonchev–Trinajstić information content (AvgIpc) is 2.85. The van der Waals surface area contributed by atoms with Crippen molar-refractivity contribution < 1.29 is 27.5 Å². The van der Waals surface area contributed by atoms with Crippen LogP contribution in [0.5, 0.6) is 0 Å². The SMILES string of the molecule is O=C(O)c1ccc(-n2ccc(C(F)(F)F)n2)o1. The normalized spacial score (nSPS) is 11.7. The Kier molecular flexibility index (Phi) is 2.41. The lowest BCUT2D eigenvalue weighted by Gasteiger charge is -2.00. The van der Waals surface area contributed by atoms with E-state index in [2.05, 4.69) is 5.10 Å². The van der Waals surface area contributed by atoms with Crippen molar-refractivity contribution in [2.45, 2.75) is 6.18 Å². The molecule has 0 aliphatic rings. The molecule has 0 aliphatic heterocycles. The predicted molar refractivity (Wildman–Crippen MR) is 47.8 cm³/mol. The van der Waals surface area contributed by atoms with E-state index in [0.717, 1.165) is 23.0 Å². The molecule has 0 saturated carbocycles. The number of alkyl halides is 3. The average molecular weight is 246 g/mol. The number of rotatable bonds is 2. The number of hydrogen-bond donors (Lipinski definition) is 1. The summed E-state index contributed by atoms with van der Waals surface area (Å²) in [5.74, 6) is -1.78. The smallest absolute Gasteiger partial charge is 0.435 e. The molecular weight excluding hydrogens is 241 g/mol. The highest BCUT2D eigenvalue weighted by Gasteiger charge is 2.33. The summed E-state index contributed by atoms with van der Waals surface area (Å²) >= 11 is 0. The molecule has 0 saturated heterocycles. The fourth-order valence-electron chi connectivity index (χ4n) is 1.16. The van der Waals surface area contributed by atoms with Crippen LogP contribution in [0.2, 0.25) is 0 Å². The number of nitrogens with zero attached hydrogens (tertiary/aromatic N) is 2. The van der Waals surface area contributed by atoms with Gasteiger partial charge in [0, 0.05) is 12.3 Å². The van der Waals surface area contributed by atoms with Gasteiger partial charge in [-0.1, -0.05) is 0 Å². The third-order valence-corrected chi connectivity index (χ3v) is 1.91. The molecule has 0 bridgehead atoms. The summed E-state index contributed by atoms with van der Waals surface area (Å²) in [6.45, 7) is 0. The first-order valence-corrected chi connectivity index (χ1v) is 4.34. The molecule has 0 aromatic carbocycles. The summed E-state index contributed by atoms with van der Waals surface area (Å²) < 4.78 is 42.4. The zero-order chi connectivity index (χ0) is 12.6. The number of halogens is 3. The van der Waals surface area contributed by atoms with E-state index in [9.17, 15) is 18.0 Å². The van der Waals surface area contributed by atoms with Crippen LogP contribution in [-0.4, -0.2) is 20.9 Å². The number of carbonyl (C=O) groups is 1. The minimum Gasteiger partial charge on any atom is -0.475 e. The molecule has 17 heavy (non-hydrogen) atoms. The van der Waals surface area contributed by atoms with E-state index in [4.69, 9.17) is 9.52 Å². The minimum atomic E-state index is -4.55. The molecule has 2 aromatic rings. The van der Waals surface area contributed by atoms with Crippen LogP contribution >= 0.6 is 0 Å². The van der Waals surface area contributed by atoms with Crippen LogP contribution in [0.25, 0.3) is 5.88 Å². The maximum absolute atomic E-state index is 12.2. The van der Waals surface area contributed by atoms with Gasteiger partial charge in [0.25, 0.3) is 0 Å². The van der Waals surface area contributed by atoms with Crippen molar-refractivity contribution in [1.82, 2.24) is 9.78 Å². The van der Waals surface area contributed by atoms with E-state index < -0.39 is 17.8 Å². The molecule has 1 N–H and O–H groups in total. The summed E-state index contributed by atoms with van der Waals surface area (Å²) in [6, 6.07) is 3.12. The van der Waals surface area contributed by atoms with Gasteiger partial charge >= 0.3 is 12.1 Å². The first kappa shape index (κ1) is 11.2. The van der Waals surface area contributed by atoms with Crippen molar-refractivity contribution >= 4 is 5.97 Å². The molecule has 0 amide bonds. The molecule has 2 heterocycles. The number of hydrogen-bond acceptors (Lipinski definition) is 3. The van der Waals surface area contributed by atoms with Gasteiger partial charge in [0.05, 0.1) is 0 Å². The zero-order valence-electron chi connectivity index (χ0n) is 8.10. The van der Waals surface area contributed by atoms with Crippen LogP contribution in [0.1, 0.15) is 16.2 Å². The maximum atomic E-state index is 12.2. The van der Waals surface area contributed by atoms with Crippen LogP contribution in [-0.2, 0) is 6.18 Å². The second-order valence-electron chi connectivity index (χ2n) is 3.09. The Balaban J connectivity index is 2.34. The third kappa shape index (κ3) is 2.14. The van der Waals surface area contributed by atoms with Gasteiger partial charge in [0.1, 0.15) is 0 Å². The molecule has 5 nitrogen and oxygen atoms in total. The Bertz CT molecular complexity index is 556. The summed E-state index contributed by atoms with van der Waals surface area (Å²) in [7, 11) is 0. The van der Waals surface area contributed by atoms with Crippen molar-refractivity contribution in [2.24, 2.45) is 0 Å². The van der Waals surface area contributed by atoms with Gasteiger partial charge in [0.2, 0.25) is 11.6 Å². The van der Waals surface area contributed by atoms with Gasteiger partial charge in [-0.15, -0.1) is 0 Å². The van der Waals surface area contributed by atoms with Crippen LogP contribution in [0.4, 0.5) is 13.2 Å². The lowest BCUT2D eigenvalue weighted by Crippen LogP contribution is -2.06. The van der Waals surface area contributed by atoms with Crippen molar-refractivity contribution in [3.05, 3.63) is 35.9 Å². The molecule has 8 heteroatoms. The maximum Gasteiger partial charge on any atom is 0.435 e. The molecule has 0 atom stereocenters. The Hall–Kier alpha value is -2.25. The molecule has 2 rings (SSSR count). The first-order chi connectivity index (χ1) is 7.88. The molecule has 0 unspecified atom stereocenters. The summed E-state index contributed by atoms with van der Waals surface area (Å²) in [6.07, 6.45) is -3.51. The van der Waals surface area contributed by atoms with Gasteiger partial charge in [-0.3, -0.25) is 0 Å². The molecule has 0 aliphatic carbocycles. The quantitative estimate of drug-likeness (QED) is 0.881. The Labute approximate surface area is 92.1 Å². The van der Waals surface area contributed by atoms with Gasteiger partial charge in [0.15, 0.2) is 5.69 Å². The van der Waals surface area contributed by atoms with Crippen molar-refractivity contribution in [3.63, 3.8) is 0 Å².